The highest BCUT2D eigenvalue weighted by molar-refractivity contribution is 14.0. The van der Waals surface area contributed by atoms with E-state index < -0.39 is 0 Å². The van der Waals surface area contributed by atoms with Crippen molar-refractivity contribution in [1.82, 2.24) is 20.1 Å². The first-order valence-electron chi connectivity index (χ1n) is 9.80. The Kier molecular flexibility index (Phi) is 9.33. The average molecular weight is 485 g/mol. The summed E-state index contributed by atoms with van der Waals surface area (Å²) in [6.07, 6.45) is 8.59. The van der Waals surface area contributed by atoms with Crippen LogP contribution >= 0.6 is 24.0 Å². The molecule has 0 bridgehead atoms. The van der Waals surface area contributed by atoms with E-state index in [4.69, 9.17) is 9.73 Å². The lowest BCUT2D eigenvalue weighted by atomic mass is 10.2. The molecule has 1 saturated heterocycles. The van der Waals surface area contributed by atoms with Gasteiger partial charge in [-0.3, -0.25) is 4.90 Å². The van der Waals surface area contributed by atoms with Crippen LogP contribution in [0.1, 0.15) is 32.3 Å². The van der Waals surface area contributed by atoms with Gasteiger partial charge in [-0.2, -0.15) is 0 Å². The lowest BCUT2D eigenvalue weighted by Gasteiger charge is -2.25. The fourth-order valence-electron chi connectivity index (χ4n) is 3.41. The first kappa shape index (κ1) is 21.9. The molecule has 1 aromatic rings. The van der Waals surface area contributed by atoms with Crippen molar-refractivity contribution in [3.63, 3.8) is 0 Å². The lowest BCUT2D eigenvalue weighted by molar-refractivity contribution is 0.259. The van der Waals surface area contributed by atoms with Gasteiger partial charge in [0, 0.05) is 51.0 Å². The zero-order valence-corrected chi connectivity index (χ0v) is 18.8. The van der Waals surface area contributed by atoms with Crippen molar-refractivity contribution in [1.29, 1.82) is 0 Å². The number of rotatable bonds is 7. The van der Waals surface area contributed by atoms with Gasteiger partial charge >= 0.3 is 0 Å². The van der Waals surface area contributed by atoms with Crippen molar-refractivity contribution in [2.45, 2.75) is 39.3 Å². The number of nitrogens with one attached hydrogen (secondary N) is 1. The molecule has 3 heterocycles. The number of guanidine groups is 1. The molecule has 3 rings (SSSR count). The number of hydrogen-bond acceptors (Lipinski definition) is 4. The van der Waals surface area contributed by atoms with Gasteiger partial charge < -0.3 is 15.0 Å². The second-order valence-corrected chi connectivity index (χ2v) is 6.84. The Balaban J connectivity index is 0.00000261. The molecule has 1 fully saturated rings. The van der Waals surface area contributed by atoms with E-state index in [0.29, 0.717) is 25.1 Å². The van der Waals surface area contributed by atoms with Crippen LogP contribution in [0.5, 0.6) is 5.88 Å². The predicted molar refractivity (Wildman–Crippen MR) is 121 cm³/mol. The Labute approximate surface area is 180 Å². The summed E-state index contributed by atoms with van der Waals surface area (Å²) in [6.45, 7) is 10.7. The minimum Gasteiger partial charge on any atom is -0.478 e. The normalized spacial score (nSPS) is 20.0. The zero-order valence-electron chi connectivity index (χ0n) is 16.4. The summed E-state index contributed by atoms with van der Waals surface area (Å²) < 4.78 is 5.54. The number of pyridine rings is 1. The third kappa shape index (κ3) is 6.34. The molecule has 0 radical (unpaired) electrons. The van der Waals surface area contributed by atoms with Gasteiger partial charge in [0.1, 0.15) is 0 Å². The molecular weight excluding hydrogens is 453 g/mol. The highest BCUT2D eigenvalue weighted by atomic mass is 127. The van der Waals surface area contributed by atoms with E-state index in [1.54, 1.807) is 0 Å². The fraction of sp³-hybridized carbons (Fsp3) is 0.600. The highest BCUT2D eigenvalue weighted by Gasteiger charge is 2.29. The van der Waals surface area contributed by atoms with E-state index in [0.717, 1.165) is 50.7 Å². The van der Waals surface area contributed by atoms with Crippen LogP contribution in [0.2, 0.25) is 0 Å². The van der Waals surface area contributed by atoms with Gasteiger partial charge in [0.25, 0.3) is 0 Å². The van der Waals surface area contributed by atoms with Crippen LogP contribution < -0.4 is 10.1 Å². The largest absolute Gasteiger partial charge is 0.478 e. The molecule has 1 atom stereocenters. The number of likely N-dealkylation sites (tertiary alicyclic amines) is 1. The standard InChI is InChI=1S/C20H31N5O.HI/c1-3-13-26-19-8-7-17(14-22-19)15-23-20(21-4-2)25-12-9-18(16-25)24-10-5-6-11-24;/h5-8,14,18H,3-4,9-13,15-16H2,1-2H3,(H,21,23);1H. The summed E-state index contributed by atoms with van der Waals surface area (Å²) in [5.41, 5.74) is 1.10. The maximum Gasteiger partial charge on any atom is 0.213 e. The second kappa shape index (κ2) is 11.5. The smallest absolute Gasteiger partial charge is 0.213 e. The molecule has 1 aromatic heterocycles. The molecule has 1 unspecified atom stereocenters. The molecule has 2 aliphatic rings. The fourth-order valence-corrected chi connectivity index (χ4v) is 3.41. The van der Waals surface area contributed by atoms with Crippen molar-refractivity contribution < 1.29 is 4.74 Å². The van der Waals surface area contributed by atoms with Crippen molar-refractivity contribution in [3.8, 4) is 5.88 Å². The highest BCUT2D eigenvalue weighted by Crippen LogP contribution is 2.18. The van der Waals surface area contributed by atoms with Crippen molar-refractivity contribution in [3.05, 3.63) is 36.0 Å². The summed E-state index contributed by atoms with van der Waals surface area (Å²) in [6, 6.07) is 4.61. The van der Waals surface area contributed by atoms with Crippen LogP contribution in [-0.2, 0) is 6.54 Å². The van der Waals surface area contributed by atoms with Gasteiger partial charge in [-0.1, -0.05) is 25.1 Å². The molecule has 150 valence electrons. The number of nitrogens with zero attached hydrogens (tertiary/aromatic N) is 4. The second-order valence-electron chi connectivity index (χ2n) is 6.84. The first-order chi connectivity index (χ1) is 12.8. The first-order valence-corrected chi connectivity index (χ1v) is 9.80. The van der Waals surface area contributed by atoms with Crippen molar-refractivity contribution >= 4 is 29.9 Å². The van der Waals surface area contributed by atoms with E-state index in [-0.39, 0.29) is 24.0 Å². The Morgan fingerprint density at radius 2 is 2.11 bits per heavy atom. The molecular formula is C20H32IN5O. The number of aromatic nitrogens is 1. The third-order valence-corrected chi connectivity index (χ3v) is 4.82. The van der Waals surface area contributed by atoms with Gasteiger partial charge in [-0.15, -0.1) is 24.0 Å². The van der Waals surface area contributed by atoms with Crippen LogP contribution in [0.4, 0.5) is 0 Å². The number of halogens is 1. The summed E-state index contributed by atoms with van der Waals surface area (Å²) in [4.78, 5) is 14.1. The van der Waals surface area contributed by atoms with Gasteiger partial charge in [0.05, 0.1) is 13.2 Å². The minimum absolute atomic E-state index is 0. The molecule has 1 N–H and O–H groups in total. The Bertz CT molecular complexity index is 611. The Morgan fingerprint density at radius 1 is 1.30 bits per heavy atom. The number of ether oxygens (including phenoxy) is 1. The van der Waals surface area contributed by atoms with Crippen LogP contribution in [0.15, 0.2) is 35.5 Å². The van der Waals surface area contributed by atoms with Crippen LogP contribution in [0.25, 0.3) is 0 Å². The summed E-state index contributed by atoms with van der Waals surface area (Å²) in [7, 11) is 0. The molecule has 0 aliphatic carbocycles. The third-order valence-electron chi connectivity index (χ3n) is 4.82. The molecule has 0 amide bonds. The van der Waals surface area contributed by atoms with Crippen molar-refractivity contribution in [2.75, 3.05) is 39.3 Å². The summed E-state index contributed by atoms with van der Waals surface area (Å²) >= 11 is 0. The van der Waals surface area contributed by atoms with Gasteiger partial charge in [-0.05, 0) is 25.3 Å². The predicted octanol–water partition coefficient (Wildman–Crippen LogP) is 2.90. The van der Waals surface area contributed by atoms with E-state index in [9.17, 15) is 0 Å². The molecule has 2 aliphatic heterocycles. The molecule has 6 nitrogen and oxygen atoms in total. The quantitative estimate of drug-likeness (QED) is 0.279. The zero-order chi connectivity index (χ0) is 18.2. The lowest BCUT2D eigenvalue weighted by Crippen LogP contribution is -2.42. The molecule has 0 spiro atoms. The van der Waals surface area contributed by atoms with Gasteiger partial charge in [0.2, 0.25) is 5.88 Å². The van der Waals surface area contributed by atoms with Gasteiger partial charge in [-0.25, -0.2) is 9.98 Å². The van der Waals surface area contributed by atoms with Gasteiger partial charge in [0.15, 0.2) is 5.96 Å². The Morgan fingerprint density at radius 3 is 2.78 bits per heavy atom. The maximum absolute atomic E-state index is 5.54. The molecule has 0 saturated carbocycles. The van der Waals surface area contributed by atoms with Crippen LogP contribution in [-0.4, -0.2) is 66.1 Å². The molecule has 0 aromatic carbocycles. The van der Waals surface area contributed by atoms with E-state index in [1.807, 2.05) is 18.3 Å². The minimum atomic E-state index is 0. The average Bonchev–Trinajstić information content (AvgIpc) is 3.35. The van der Waals surface area contributed by atoms with Crippen LogP contribution in [0.3, 0.4) is 0 Å². The molecule has 27 heavy (non-hydrogen) atoms. The van der Waals surface area contributed by atoms with E-state index in [1.165, 1.54) is 6.42 Å². The number of hydrogen-bond donors (Lipinski definition) is 1. The Hall–Kier alpha value is -1.35. The maximum atomic E-state index is 5.54. The number of aliphatic imine (C=N–C) groups is 1. The topological polar surface area (TPSA) is 53.0 Å². The summed E-state index contributed by atoms with van der Waals surface area (Å²) in [5.74, 6) is 1.70. The SMILES string of the molecule is CCCOc1ccc(CN=C(NCC)N2CCC(N3CC=CC3)C2)cn1.I. The van der Waals surface area contributed by atoms with Crippen molar-refractivity contribution in [2.24, 2.45) is 4.99 Å². The van der Waals surface area contributed by atoms with Crippen LogP contribution in [0, 0.1) is 0 Å². The van der Waals surface area contributed by atoms with E-state index in [2.05, 4.69) is 46.1 Å². The monoisotopic (exact) mass is 485 g/mol. The summed E-state index contributed by atoms with van der Waals surface area (Å²) in [5, 5.41) is 3.44. The van der Waals surface area contributed by atoms with E-state index >= 15 is 0 Å². The molecule has 7 heteroatoms.